The highest BCUT2D eigenvalue weighted by atomic mass is 16.5. The Kier molecular flexibility index (Phi) is 15.2. The van der Waals surface area contributed by atoms with E-state index in [4.69, 9.17) is 9.47 Å². The highest BCUT2D eigenvalue weighted by Gasteiger charge is 2.11. The molecule has 3 aromatic rings. The topological polar surface area (TPSA) is 73.1 Å². The van der Waals surface area contributed by atoms with Gasteiger partial charge in [-0.05, 0) is 73.5 Å². The standard InChI is InChI=1S/C35H47N3O3/c1-3-4-5-6-7-8-9-10-11-12-13-14-15-16-27-40-33-20-17-30(18-21-33)35(39)41-34-22-19-32(28-29(34)2)38-37-31-23-25-36-26-24-31/h17-26,28H,3-16,27H2,1-2H3. The molecule has 0 bridgehead atoms. The van der Waals surface area contributed by atoms with Crippen molar-refractivity contribution in [1.29, 1.82) is 0 Å². The number of aryl methyl sites for hydroxylation is 1. The van der Waals surface area contributed by atoms with E-state index in [0.29, 0.717) is 23.6 Å². The van der Waals surface area contributed by atoms with Crippen molar-refractivity contribution in [2.75, 3.05) is 6.61 Å². The number of hydrogen-bond donors (Lipinski definition) is 0. The van der Waals surface area contributed by atoms with E-state index in [-0.39, 0.29) is 0 Å². The van der Waals surface area contributed by atoms with E-state index in [0.717, 1.165) is 23.4 Å². The number of ether oxygens (including phenoxy) is 2. The second-order valence-electron chi connectivity index (χ2n) is 10.7. The molecular formula is C35H47N3O3. The minimum absolute atomic E-state index is 0.405. The highest BCUT2D eigenvalue weighted by molar-refractivity contribution is 5.91. The Morgan fingerprint density at radius 1 is 0.683 bits per heavy atom. The Balaban J connectivity index is 1.26. The number of unbranched alkanes of at least 4 members (excludes halogenated alkanes) is 13. The van der Waals surface area contributed by atoms with Gasteiger partial charge in [0, 0.05) is 12.4 Å². The average molecular weight is 558 g/mol. The van der Waals surface area contributed by atoms with Crippen LogP contribution in [-0.2, 0) is 0 Å². The van der Waals surface area contributed by atoms with E-state index < -0.39 is 5.97 Å². The first-order chi connectivity index (χ1) is 20.2. The zero-order valence-corrected chi connectivity index (χ0v) is 25.0. The number of azo groups is 1. The van der Waals surface area contributed by atoms with Crippen LogP contribution in [0.5, 0.6) is 11.5 Å². The summed E-state index contributed by atoms with van der Waals surface area (Å²) in [7, 11) is 0. The number of esters is 1. The maximum absolute atomic E-state index is 12.7. The lowest BCUT2D eigenvalue weighted by Crippen LogP contribution is -2.09. The van der Waals surface area contributed by atoms with Gasteiger partial charge in [-0.25, -0.2) is 4.79 Å². The first-order valence-electron chi connectivity index (χ1n) is 15.5. The van der Waals surface area contributed by atoms with Crippen molar-refractivity contribution in [3.8, 4) is 11.5 Å². The summed E-state index contributed by atoms with van der Waals surface area (Å²) in [6.45, 7) is 4.85. The molecule has 0 unspecified atom stereocenters. The van der Waals surface area contributed by atoms with Crippen LogP contribution in [0.25, 0.3) is 0 Å². The van der Waals surface area contributed by atoms with E-state index in [1.165, 1.54) is 83.5 Å². The van der Waals surface area contributed by atoms with E-state index >= 15 is 0 Å². The number of pyridine rings is 1. The van der Waals surface area contributed by atoms with Crippen molar-refractivity contribution in [2.45, 2.75) is 104 Å². The van der Waals surface area contributed by atoms with Crippen molar-refractivity contribution in [3.05, 3.63) is 78.1 Å². The van der Waals surface area contributed by atoms with Crippen LogP contribution in [0.15, 0.2) is 77.2 Å². The number of nitrogens with zero attached hydrogens (tertiary/aromatic N) is 3. The number of rotatable bonds is 20. The Hall–Kier alpha value is -3.54. The number of hydrogen-bond acceptors (Lipinski definition) is 6. The Bertz CT molecular complexity index is 1160. The summed E-state index contributed by atoms with van der Waals surface area (Å²) < 4.78 is 11.5. The van der Waals surface area contributed by atoms with Crippen molar-refractivity contribution in [1.82, 2.24) is 4.98 Å². The van der Waals surface area contributed by atoms with Crippen LogP contribution in [0, 0.1) is 6.92 Å². The predicted octanol–water partition coefficient (Wildman–Crippen LogP) is 10.9. The smallest absolute Gasteiger partial charge is 0.343 e. The first kappa shape index (κ1) is 32.0. The molecule has 0 aliphatic carbocycles. The summed E-state index contributed by atoms with van der Waals surface area (Å²) in [4.78, 5) is 16.6. The SMILES string of the molecule is CCCCCCCCCCCCCCCCOc1ccc(C(=O)Oc2ccc(N=Nc3ccncc3)cc2C)cc1. The minimum atomic E-state index is -0.405. The fraction of sp³-hybridized carbons (Fsp3) is 0.486. The van der Waals surface area contributed by atoms with Crippen molar-refractivity contribution in [3.63, 3.8) is 0 Å². The lowest BCUT2D eigenvalue weighted by molar-refractivity contribution is 0.0733. The van der Waals surface area contributed by atoms with Gasteiger partial charge in [0.05, 0.1) is 23.5 Å². The van der Waals surface area contributed by atoms with E-state index in [9.17, 15) is 4.79 Å². The first-order valence-corrected chi connectivity index (χ1v) is 15.5. The van der Waals surface area contributed by atoms with Gasteiger partial charge < -0.3 is 9.47 Å². The molecule has 220 valence electrons. The van der Waals surface area contributed by atoms with Gasteiger partial charge in [0.15, 0.2) is 0 Å². The molecule has 2 aromatic carbocycles. The molecule has 0 saturated carbocycles. The largest absolute Gasteiger partial charge is 0.494 e. The van der Waals surface area contributed by atoms with E-state index in [1.807, 2.05) is 25.1 Å². The van der Waals surface area contributed by atoms with Crippen LogP contribution in [-0.4, -0.2) is 17.6 Å². The summed E-state index contributed by atoms with van der Waals surface area (Å²) in [5.41, 5.74) is 2.69. The van der Waals surface area contributed by atoms with Gasteiger partial charge in [0.25, 0.3) is 0 Å². The summed E-state index contributed by atoms with van der Waals surface area (Å²) >= 11 is 0. The molecule has 0 N–H and O–H groups in total. The predicted molar refractivity (Wildman–Crippen MR) is 167 cm³/mol. The normalized spacial score (nSPS) is 11.2. The summed E-state index contributed by atoms with van der Waals surface area (Å²) in [6.07, 6.45) is 22.1. The molecule has 6 nitrogen and oxygen atoms in total. The quantitative estimate of drug-likeness (QED) is 0.0599. The van der Waals surface area contributed by atoms with Gasteiger partial charge in [0.2, 0.25) is 0 Å². The molecule has 6 heteroatoms. The molecule has 41 heavy (non-hydrogen) atoms. The number of aromatic nitrogens is 1. The zero-order chi connectivity index (χ0) is 29.0. The van der Waals surface area contributed by atoms with Crippen LogP contribution in [0.3, 0.4) is 0 Å². The third-order valence-electron chi connectivity index (χ3n) is 7.16. The van der Waals surface area contributed by atoms with Gasteiger partial charge >= 0.3 is 5.97 Å². The monoisotopic (exact) mass is 557 g/mol. The summed E-state index contributed by atoms with van der Waals surface area (Å²) in [5, 5.41) is 8.43. The zero-order valence-electron chi connectivity index (χ0n) is 25.0. The molecule has 0 fully saturated rings. The maximum Gasteiger partial charge on any atom is 0.343 e. The van der Waals surface area contributed by atoms with Gasteiger partial charge in [-0.15, -0.1) is 0 Å². The number of carbonyl (C=O) groups excluding carboxylic acids is 1. The molecular weight excluding hydrogens is 510 g/mol. The van der Waals surface area contributed by atoms with Gasteiger partial charge in [-0.3, -0.25) is 4.98 Å². The van der Waals surface area contributed by atoms with Crippen LogP contribution in [0.2, 0.25) is 0 Å². The van der Waals surface area contributed by atoms with Crippen LogP contribution in [0.4, 0.5) is 11.4 Å². The molecule has 0 atom stereocenters. The van der Waals surface area contributed by atoms with Crippen molar-refractivity contribution < 1.29 is 14.3 Å². The maximum atomic E-state index is 12.7. The number of carbonyl (C=O) groups is 1. The Morgan fingerprint density at radius 2 is 1.24 bits per heavy atom. The number of benzene rings is 2. The average Bonchev–Trinajstić information content (AvgIpc) is 3.00. The molecule has 1 aromatic heterocycles. The molecule has 1 heterocycles. The molecule has 0 spiro atoms. The van der Waals surface area contributed by atoms with Gasteiger partial charge in [0.1, 0.15) is 11.5 Å². The fourth-order valence-electron chi connectivity index (χ4n) is 4.67. The molecule has 0 saturated heterocycles. The summed E-state index contributed by atoms with van der Waals surface area (Å²) in [5.74, 6) is 0.866. The molecule has 0 radical (unpaired) electrons. The van der Waals surface area contributed by atoms with Crippen LogP contribution >= 0.6 is 0 Å². The Labute approximate surface area is 246 Å². The lowest BCUT2D eigenvalue weighted by atomic mass is 10.0. The van der Waals surface area contributed by atoms with E-state index in [2.05, 4.69) is 22.1 Å². The third kappa shape index (κ3) is 13.1. The summed E-state index contributed by atoms with van der Waals surface area (Å²) in [6, 6.07) is 16.1. The highest BCUT2D eigenvalue weighted by Crippen LogP contribution is 2.26. The third-order valence-corrected chi connectivity index (χ3v) is 7.16. The molecule has 0 amide bonds. The minimum Gasteiger partial charge on any atom is -0.494 e. The molecule has 0 aliphatic rings. The molecule has 0 aliphatic heterocycles. The Morgan fingerprint density at radius 3 is 1.83 bits per heavy atom. The van der Waals surface area contributed by atoms with Crippen molar-refractivity contribution >= 4 is 17.3 Å². The van der Waals surface area contributed by atoms with Gasteiger partial charge in [-0.1, -0.05) is 90.4 Å². The fourth-order valence-corrected chi connectivity index (χ4v) is 4.67. The second kappa shape index (κ2) is 19.5. The lowest BCUT2D eigenvalue weighted by Gasteiger charge is -2.09. The van der Waals surface area contributed by atoms with Crippen LogP contribution < -0.4 is 9.47 Å². The second-order valence-corrected chi connectivity index (χ2v) is 10.7. The van der Waals surface area contributed by atoms with E-state index in [1.54, 1.807) is 48.8 Å². The molecule has 3 rings (SSSR count). The van der Waals surface area contributed by atoms with Gasteiger partial charge in [-0.2, -0.15) is 10.2 Å². The van der Waals surface area contributed by atoms with Crippen LogP contribution in [0.1, 0.15) is 113 Å². The van der Waals surface area contributed by atoms with Crippen molar-refractivity contribution in [2.24, 2.45) is 10.2 Å².